The maximum Gasteiger partial charge on any atom is 0.294 e. The Hall–Kier alpha value is -2.58. The van der Waals surface area contributed by atoms with Crippen molar-refractivity contribution >= 4 is 50.8 Å². The molecule has 31 heavy (non-hydrogen) atoms. The zero-order valence-electron chi connectivity index (χ0n) is 16.8. The molecule has 0 aliphatic carbocycles. The summed E-state index contributed by atoms with van der Waals surface area (Å²) in [6.45, 7) is 1.63. The average Bonchev–Trinajstić information content (AvgIpc) is 3.39. The fraction of sp³-hybridized carbons (Fsp3) is 0.261. The van der Waals surface area contributed by atoms with E-state index in [9.17, 15) is 14.4 Å². The number of hydrogen-bond acceptors (Lipinski definition) is 5. The maximum absolute atomic E-state index is 12.7. The summed E-state index contributed by atoms with van der Waals surface area (Å²) in [7, 11) is 0. The summed E-state index contributed by atoms with van der Waals surface area (Å²) in [5.41, 5.74) is 1.82. The van der Waals surface area contributed by atoms with E-state index in [0.29, 0.717) is 30.4 Å². The Balaban J connectivity index is 1.42. The SMILES string of the molecule is O=C(CN1C(=O)S/C(=C\c2ccc(OCc3ccccc3)c(Br)c2)C1=O)N1CCCC1. The van der Waals surface area contributed by atoms with Crippen LogP contribution in [0.3, 0.4) is 0 Å². The van der Waals surface area contributed by atoms with Crippen LogP contribution in [0.5, 0.6) is 5.75 Å². The molecule has 2 aliphatic rings. The smallest absolute Gasteiger partial charge is 0.294 e. The molecule has 0 spiro atoms. The lowest BCUT2D eigenvalue weighted by atomic mass is 10.2. The summed E-state index contributed by atoms with van der Waals surface area (Å²) < 4.78 is 6.60. The predicted octanol–water partition coefficient (Wildman–Crippen LogP) is 4.69. The molecule has 3 amide bonds. The van der Waals surface area contributed by atoms with Crippen LogP contribution in [0.25, 0.3) is 6.08 Å². The quantitative estimate of drug-likeness (QED) is 0.538. The third-order valence-electron chi connectivity index (χ3n) is 5.12. The van der Waals surface area contributed by atoms with Gasteiger partial charge in [0.05, 0.1) is 9.38 Å². The van der Waals surface area contributed by atoms with Gasteiger partial charge in [-0.05, 0) is 69.9 Å². The number of nitrogens with zero attached hydrogens (tertiary/aromatic N) is 2. The lowest BCUT2D eigenvalue weighted by Crippen LogP contribution is -2.40. The fourth-order valence-electron chi connectivity index (χ4n) is 3.45. The molecule has 0 bridgehead atoms. The van der Waals surface area contributed by atoms with Gasteiger partial charge in [0.2, 0.25) is 5.91 Å². The zero-order valence-corrected chi connectivity index (χ0v) is 19.2. The molecular weight excluding hydrogens is 480 g/mol. The zero-order chi connectivity index (χ0) is 21.8. The Bertz CT molecular complexity index is 1040. The molecule has 0 atom stereocenters. The molecule has 4 rings (SSSR count). The molecule has 160 valence electrons. The van der Waals surface area contributed by atoms with E-state index in [0.717, 1.165) is 45.1 Å². The lowest BCUT2D eigenvalue weighted by Gasteiger charge is -2.18. The van der Waals surface area contributed by atoms with Crippen LogP contribution in [0.2, 0.25) is 0 Å². The van der Waals surface area contributed by atoms with Gasteiger partial charge in [0, 0.05) is 13.1 Å². The number of likely N-dealkylation sites (tertiary alicyclic amines) is 1. The number of amides is 3. The van der Waals surface area contributed by atoms with E-state index < -0.39 is 11.1 Å². The van der Waals surface area contributed by atoms with Gasteiger partial charge in [-0.1, -0.05) is 36.4 Å². The van der Waals surface area contributed by atoms with E-state index >= 15 is 0 Å². The minimum absolute atomic E-state index is 0.177. The Morgan fingerprint density at radius 1 is 1.10 bits per heavy atom. The van der Waals surface area contributed by atoms with Crippen molar-refractivity contribution in [2.24, 2.45) is 0 Å². The number of thioether (sulfide) groups is 1. The molecule has 0 N–H and O–H groups in total. The molecule has 0 unspecified atom stereocenters. The third kappa shape index (κ3) is 5.19. The molecule has 2 aliphatic heterocycles. The summed E-state index contributed by atoms with van der Waals surface area (Å²) >= 11 is 4.37. The van der Waals surface area contributed by atoms with Crippen LogP contribution in [-0.2, 0) is 16.2 Å². The molecular formula is C23H21BrN2O4S. The number of hydrogen-bond donors (Lipinski definition) is 0. The number of benzene rings is 2. The fourth-order valence-corrected chi connectivity index (χ4v) is 4.80. The highest BCUT2D eigenvalue weighted by Gasteiger charge is 2.37. The van der Waals surface area contributed by atoms with Gasteiger partial charge < -0.3 is 9.64 Å². The van der Waals surface area contributed by atoms with Crippen LogP contribution >= 0.6 is 27.7 Å². The van der Waals surface area contributed by atoms with Gasteiger partial charge in [-0.2, -0.15) is 0 Å². The number of ether oxygens (including phenoxy) is 1. The molecule has 0 saturated carbocycles. The van der Waals surface area contributed by atoms with Crippen molar-refractivity contribution in [3.05, 3.63) is 69.0 Å². The third-order valence-corrected chi connectivity index (χ3v) is 6.64. The van der Waals surface area contributed by atoms with E-state index in [-0.39, 0.29) is 12.5 Å². The first-order chi connectivity index (χ1) is 15.0. The maximum atomic E-state index is 12.7. The molecule has 2 aromatic rings. The van der Waals surface area contributed by atoms with Gasteiger partial charge in [-0.3, -0.25) is 19.3 Å². The predicted molar refractivity (Wildman–Crippen MR) is 123 cm³/mol. The average molecular weight is 501 g/mol. The van der Waals surface area contributed by atoms with E-state index in [1.54, 1.807) is 11.0 Å². The molecule has 0 aromatic heterocycles. The van der Waals surface area contributed by atoms with Crippen molar-refractivity contribution in [2.45, 2.75) is 19.4 Å². The Kier molecular flexibility index (Phi) is 6.77. The lowest BCUT2D eigenvalue weighted by molar-refractivity contribution is -0.135. The van der Waals surface area contributed by atoms with Crippen LogP contribution in [-0.4, -0.2) is 46.5 Å². The minimum Gasteiger partial charge on any atom is -0.488 e. The van der Waals surface area contributed by atoms with Gasteiger partial charge in [-0.25, -0.2) is 0 Å². The van der Waals surface area contributed by atoms with Crippen LogP contribution in [0.15, 0.2) is 57.9 Å². The van der Waals surface area contributed by atoms with Crippen molar-refractivity contribution in [1.29, 1.82) is 0 Å². The van der Waals surface area contributed by atoms with Crippen molar-refractivity contribution in [3.8, 4) is 5.75 Å². The van der Waals surface area contributed by atoms with Gasteiger partial charge in [0.15, 0.2) is 0 Å². The number of carbonyl (C=O) groups is 3. The molecule has 0 radical (unpaired) electrons. The topological polar surface area (TPSA) is 66.9 Å². The summed E-state index contributed by atoms with van der Waals surface area (Å²) in [5, 5.41) is -0.411. The number of imide groups is 1. The van der Waals surface area contributed by atoms with E-state index in [2.05, 4.69) is 15.9 Å². The molecule has 2 heterocycles. The highest BCUT2D eigenvalue weighted by Crippen LogP contribution is 2.34. The van der Waals surface area contributed by atoms with Crippen molar-refractivity contribution < 1.29 is 19.1 Å². The van der Waals surface area contributed by atoms with Crippen molar-refractivity contribution in [1.82, 2.24) is 9.80 Å². The second-order valence-corrected chi connectivity index (χ2v) is 9.17. The summed E-state index contributed by atoms with van der Waals surface area (Å²) in [5.74, 6) is 0.0807. The summed E-state index contributed by atoms with van der Waals surface area (Å²) in [6, 6.07) is 15.3. The summed E-state index contributed by atoms with van der Waals surface area (Å²) in [6.07, 6.45) is 3.60. The Morgan fingerprint density at radius 2 is 1.84 bits per heavy atom. The van der Waals surface area contributed by atoms with Crippen LogP contribution < -0.4 is 4.74 Å². The highest BCUT2D eigenvalue weighted by atomic mass is 79.9. The van der Waals surface area contributed by atoms with E-state index in [1.165, 1.54) is 0 Å². The molecule has 2 saturated heterocycles. The van der Waals surface area contributed by atoms with Crippen molar-refractivity contribution in [3.63, 3.8) is 0 Å². The van der Waals surface area contributed by atoms with E-state index in [1.807, 2.05) is 48.5 Å². The van der Waals surface area contributed by atoms with E-state index in [4.69, 9.17) is 4.74 Å². The first-order valence-corrected chi connectivity index (χ1v) is 11.6. The van der Waals surface area contributed by atoms with Gasteiger partial charge in [-0.15, -0.1) is 0 Å². The van der Waals surface area contributed by atoms with Gasteiger partial charge in [0.25, 0.3) is 11.1 Å². The highest BCUT2D eigenvalue weighted by molar-refractivity contribution is 9.10. The second-order valence-electron chi connectivity index (χ2n) is 7.32. The van der Waals surface area contributed by atoms with Gasteiger partial charge >= 0.3 is 0 Å². The normalized spacial score (nSPS) is 17.6. The number of carbonyl (C=O) groups excluding carboxylic acids is 3. The molecule has 6 nitrogen and oxygen atoms in total. The summed E-state index contributed by atoms with van der Waals surface area (Å²) in [4.78, 5) is 40.4. The number of rotatable bonds is 6. The first-order valence-electron chi connectivity index (χ1n) is 10.0. The monoisotopic (exact) mass is 500 g/mol. The molecule has 2 fully saturated rings. The Morgan fingerprint density at radius 3 is 2.55 bits per heavy atom. The number of halogens is 1. The first kappa shape index (κ1) is 21.6. The molecule has 8 heteroatoms. The minimum atomic E-state index is -0.428. The van der Waals surface area contributed by atoms with Crippen molar-refractivity contribution in [2.75, 3.05) is 19.6 Å². The second kappa shape index (κ2) is 9.70. The largest absolute Gasteiger partial charge is 0.488 e. The van der Waals surface area contributed by atoms with Crippen LogP contribution in [0, 0.1) is 0 Å². The van der Waals surface area contributed by atoms with Crippen LogP contribution in [0.1, 0.15) is 24.0 Å². The van der Waals surface area contributed by atoms with Crippen LogP contribution in [0.4, 0.5) is 4.79 Å². The standard InChI is InChI=1S/C23H21BrN2O4S/c24-18-12-17(8-9-19(18)30-15-16-6-2-1-3-7-16)13-20-22(28)26(23(29)31-20)14-21(27)25-10-4-5-11-25/h1-3,6-9,12-13H,4-5,10-11,14-15H2/b20-13-. The Labute approximate surface area is 193 Å². The van der Waals surface area contributed by atoms with Gasteiger partial charge in [0.1, 0.15) is 18.9 Å². The molecule has 2 aromatic carbocycles.